The van der Waals surface area contributed by atoms with Gasteiger partial charge in [0.2, 0.25) is 5.75 Å². The Hall–Kier alpha value is -4.46. The fourth-order valence-corrected chi connectivity index (χ4v) is 4.44. The van der Waals surface area contributed by atoms with E-state index in [1.54, 1.807) is 42.5 Å². The Kier molecular flexibility index (Phi) is 5.78. The van der Waals surface area contributed by atoms with Gasteiger partial charge in [0.1, 0.15) is 11.3 Å². The second-order valence-electron chi connectivity index (χ2n) is 7.96. The maximum absolute atomic E-state index is 13.5. The highest BCUT2D eigenvalue weighted by atomic mass is 16.5. The smallest absolute Gasteiger partial charge is 0.344 e. The van der Waals surface area contributed by atoms with Gasteiger partial charge in [-0.05, 0) is 42.0 Å². The predicted octanol–water partition coefficient (Wildman–Crippen LogP) is 4.35. The largest absolute Gasteiger partial charge is 0.493 e. The number of carbonyl (C=O) groups is 1. The molecule has 3 aromatic carbocycles. The van der Waals surface area contributed by atoms with Crippen molar-refractivity contribution in [2.45, 2.75) is 12.0 Å². The number of hydrogen-bond donors (Lipinski definition) is 1. The molecule has 4 aromatic rings. The molecule has 0 saturated heterocycles. The lowest BCUT2D eigenvalue weighted by Crippen LogP contribution is -2.35. The van der Waals surface area contributed by atoms with Crippen LogP contribution in [0.15, 0.2) is 75.9 Å². The van der Waals surface area contributed by atoms with E-state index in [9.17, 15) is 9.59 Å². The van der Waals surface area contributed by atoms with Crippen LogP contribution in [0.1, 0.15) is 17.0 Å². The lowest BCUT2D eigenvalue weighted by atomic mass is 9.87. The summed E-state index contributed by atoms with van der Waals surface area (Å²) in [5.41, 5.74) is 1.24. The Morgan fingerprint density at radius 3 is 2.20 bits per heavy atom. The minimum absolute atomic E-state index is 0.256. The van der Waals surface area contributed by atoms with Gasteiger partial charge in [0.15, 0.2) is 17.6 Å². The fraction of sp³-hybridized carbons (Fsp3) is 0.185. The van der Waals surface area contributed by atoms with Crippen molar-refractivity contribution in [3.05, 3.63) is 88.3 Å². The molecular formula is C27H23NO7. The normalized spacial score (nSPS) is 16.3. The molecule has 0 fully saturated rings. The van der Waals surface area contributed by atoms with Crippen molar-refractivity contribution >= 4 is 22.6 Å². The summed E-state index contributed by atoms with van der Waals surface area (Å²) < 4.78 is 28.3. The van der Waals surface area contributed by atoms with Gasteiger partial charge < -0.3 is 28.7 Å². The molecule has 1 amide bonds. The van der Waals surface area contributed by atoms with E-state index in [-0.39, 0.29) is 5.56 Å². The van der Waals surface area contributed by atoms with E-state index in [4.69, 9.17) is 23.4 Å². The molecule has 178 valence electrons. The van der Waals surface area contributed by atoms with E-state index in [2.05, 4.69) is 5.32 Å². The van der Waals surface area contributed by atoms with Crippen LogP contribution in [0, 0.1) is 0 Å². The molecule has 0 aliphatic carbocycles. The topological polar surface area (TPSA) is 96.2 Å². The Labute approximate surface area is 201 Å². The van der Waals surface area contributed by atoms with Crippen molar-refractivity contribution in [1.29, 1.82) is 0 Å². The minimum Gasteiger partial charge on any atom is -0.493 e. The second kappa shape index (κ2) is 9.06. The van der Waals surface area contributed by atoms with Crippen LogP contribution in [-0.2, 0) is 4.79 Å². The van der Waals surface area contributed by atoms with Gasteiger partial charge >= 0.3 is 5.63 Å². The van der Waals surface area contributed by atoms with E-state index in [1.807, 2.05) is 24.3 Å². The van der Waals surface area contributed by atoms with Crippen molar-refractivity contribution in [1.82, 2.24) is 0 Å². The fourth-order valence-electron chi connectivity index (χ4n) is 4.44. The van der Waals surface area contributed by atoms with E-state index in [0.717, 1.165) is 0 Å². The summed E-state index contributed by atoms with van der Waals surface area (Å²) in [6, 6.07) is 19.5. The van der Waals surface area contributed by atoms with Crippen molar-refractivity contribution in [3.63, 3.8) is 0 Å². The minimum atomic E-state index is -1.05. The van der Waals surface area contributed by atoms with Gasteiger partial charge in [-0.15, -0.1) is 0 Å². The number of fused-ring (bicyclic) bond motifs is 3. The third-order valence-electron chi connectivity index (χ3n) is 6.00. The van der Waals surface area contributed by atoms with Crippen LogP contribution >= 0.6 is 0 Å². The average molecular weight is 473 g/mol. The highest BCUT2D eigenvalue weighted by Crippen LogP contribution is 2.48. The van der Waals surface area contributed by atoms with Crippen molar-refractivity contribution in [2.75, 3.05) is 26.6 Å². The molecule has 1 aliphatic heterocycles. The van der Waals surface area contributed by atoms with Crippen LogP contribution in [-0.4, -0.2) is 33.3 Å². The standard InChI is InChI=1S/C27H23NO7/c1-31-19-13-15(14-20(32-2)24(19)33-3)21-22-23(17-11-7-8-12-18(17)34-27(22)30)35-25(21)26(29)28-16-9-5-4-6-10-16/h4-14,21,25H,1-3H3,(H,28,29)/t21-,25+/m1/s1. The average Bonchev–Trinajstić information content (AvgIpc) is 3.30. The van der Waals surface area contributed by atoms with Crippen molar-refractivity contribution < 1.29 is 28.2 Å². The second-order valence-corrected chi connectivity index (χ2v) is 7.96. The van der Waals surface area contributed by atoms with Crippen molar-refractivity contribution in [2.24, 2.45) is 0 Å². The molecule has 1 N–H and O–H groups in total. The summed E-state index contributed by atoms with van der Waals surface area (Å²) in [5.74, 6) is 0.306. The molecule has 0 bridgehead atoms. The molecule has 2 heterocycles. The third-order valence-corrected chi connectivity index (χ3v) is 6.00. The zero-order valence-corrected chi connectivity index (χ0v) is 19.4. The first-order valence-electron chi connectivity index (χ1n) is 10.9. The van der Waals surface area contributed by atoms with Gasteiger partial charge in [-0.3, -0.25) is 4.79 Å². The van der Waals surface area contributed by atoms with Crippen LogP contribution in [0.5, 0.6) is 23.0 Å². The molecule has 0 spiro atoms. The zero-order chi connectivity index (χ0) is 24.5. The Bertz CT molecular complexity index is 1440. The molecule has 1 aromatic heterocycles. The maximum Gasteiger partial charge on any atom is 0.344 e. The number of rotatable bonds is 6. The number of carbonyl (C=O) groups excluding carboxylic acids is 1. The molecule has 0 radical (unpaired) electrons. The number of benzene rings is 3. The van der Waals surface area contributed by atoms with Gasteiger partial charge in [-0.25, -0.2) is 4.79 Å². The number of methoxy groups -OCH3 is 3. The molecule has 2 atom stereocenters. The number of anilines is 1. The monoisotopic (exact) mass is 473 g/mol. The lowest BCUT2D eigenvalue weighted by molar-refractivity contribution is -0.122. The van der Waals surface area contributed by atoms with E-state index in [1.165, 1.54) is 21.3 Å². The first-order valence-corrected chi connectivity index (χ1v) is 10.9. The third kappa shape index (κ3) is 3.82. The summed E-state index contributed by atoms with van der Waals surface area (Å²) in [7, 11) is 4.51. The Morgan fingerprint density at radius 1 is 0.886 bits per heavy atom. The van der Waals surface area contributed by atoms with Crippen LogP contribution in [0.4, 0.5) is 5.69 Å². The van der Waals surface area contributed by atoms with Gasteiger partial charge in [-0.2, -0.15) is 0 Å². The highest BCUT2D eigenvalue weighted by molar-refractivity contribution is 5.97. The highest BCUT2D eigenvalue weighted by Gasteiger charge is 2.45. The quantitative estimate of drug-likeness (QED) is 0.416. The summed E-state index contributed by atoms with van der Waals surface area (Å²) in [6.45, 7) is 0. The van der Waals surface area contributed by atoms with Gasteiger partial charge in [-0.1, -0.05) is 30.3 Å². The van der Waals surface area contributed by atoms with Gasteiger partial charge in [0.25, 0.3) is 5.91 Å². The van der Waals surface area contributed by atoms with Gasteiger partial charge in [0, 0.05) is 5.69 Å². The summed E-state index contributed by atoms with van der Waals surface area (Å²) in [5, 5.41) is 3.49. The first kappa shape index (κ1) is 22.3. The summed E-state index contributed by atoms with van der Waals surface area (Å²) >= 11 is 0. The zero-order valence-electron chi connectivity index (χ0n) is 19.4. The Morgan fingerprint density at radius 2 is 1.54 bits per heavy atom. The van der Waals surface area contributed by atoms with Crippen molar-refractivity contribution in [3.8, 4) is 23.0 Å². The number of para-hydroxylation sites is 2. The van der Waals surface area contributed by atoms with Crippen LogP contribution in [0.25, 0.3) is 11.0 Å². The SMILES string of the molecule is COc1cc([C@@H]2c3c(c4ccccc4oc3=O)O[C@@H]2C(=O)Nc2ccccc2)cc(OC)c1OC. The maximum atomic E-state index is 13.5. The van der Waals surface area contributed by atoms with Crippen LogP contribution < -0.4 is 29.9 Å². The first-order chi connectivity index (χ1) is 17.0. The van der Waals surface area contributed by atoms with E-state index >= 15 is 0 Å². The number of amides is 1. The number of nitrogens with one attached hydrogen (secondary N) is 1. The van der Waals surface area contributed by atoms with Crippen LogP contribution in [0.3, 0.4) is 0 Å². The molecule has 5 rings (SSSR count). The Balaban J connectivity index is 1.70. The van der Waals surface area contributed by atoms with E-state index < -0.39 is 23.6 Å². The predicted molar refractivity (Wildman–Crippen MR) is 130 cm³/mol. The molecule has 35 heavy (non-hydrogen) atoms. The molecule has 0 saturated carbocycles. The molecule has 0 unspecified atom stereocenters. The summed E-state index contributed by atoms with van der Waals surface area (Å²) in [4.78, 5) is 26.7. The number of ether oxygens (including phenoxy) is 4. The van der Waals surface area contributed by atoms with Gasteiger partial charge in [0.05, 0.1) is 38.2 Å². The number of hydrogen-bond acceptors (Lipinski definition) is 7. The van der Waals surface area contributed by atoms with E-state index in [0.29, 0.717) is 45.2 Å². The molecule has 8 nitrogen and oxygen atoms in total. The summed E-state index contributed by atoms with van der Waals surface area (Å²) in [6.07, 6.45) is -1.05. The molecular weight excluding hydrogens is 450 g/mol. The molecule has 1 aliphatic rings. The lowest BCUT2D eigenvalue weighted by Gasteiger charge is -2.21. The molecule has 8 heteroatoms. The van der Waals surface area contributed by atoms with Crippen LogP contribution in [0.2, 0.25) is 0 Å².